The quantitative estimate of drug-likeness (QED) is 0.867. The molecule has 1 saturated heterocycles. The fourth-order valence-electron chi connectivity index (χ4n) is 3.00. The lowest BCUT2D eigenvalue weighted by Gasteiger charge is -2.29. The van der Waals surface area contributed by atoms with Crippen LogP contribution >= 0.6 is 0 Å². The minimum atomic E-state index is 0.0486. The maximum absolute atomic E-state index is 12.2. The lowest BCUT2D eigenvalue weighted by Crippen LogP contribution is -2.38. The Morgan fingerprint density at radius 1 is 1.08 bits per heavy atom. The number of piperidine rings is 1. The van der Waals surface area contributed by atoms with Crippen LogP contribution in [-0.4, -0.2) is 30.4 Å². The van der Waals surface area contributed by atoms with E-state index in [1.54, 1.807) is 0 Å². The number of anilines is 1. The normalized spacial score (nSPS) is 15.7. The Bertz CT molecular complexity index is 662. The summed E-state index contributed by atoms with van der Waals surface area (Å²) in [6.07, 6.45) is 2.36. The van der Waals surface area contributed by atoms with Crippen molar-refractivity contribution in [2.24, 2.45) is 5.92 Å². The number of hydrogen-bond acceptors (Lipinski definition) is 3. The van der Waals surface area contributed by atoms with Crippen molar-refractivity contribution < 1.29 is 9.53 Å². The predicted octanol–water partition coefficient (Wildman–Crippen LogP) is 3.94. The van der Waals surface area contributed by atoms with E-state index in [0.717, 1.165) is 36.0 Å². The predicted molar refractivity (Wildman–Crippen MR) is 101 cm³/mol. The Balaban J connectivity index is 1.44. The summed E-state index contributed by atoms with van der Waals surface area (Å²) in [6, 6.07) is 17.6. The molecule has 1 amide bonds. The Labute approximate surface area is 149 Å². The number of carbonyl (C=O) groups excluding carboxylic acids is 1. The van der Waals surface area contributed by atoms with E-state index in [2.05, 4.69) is 17.1 Å². The third-order valence-corrected chi connectivity index (χ3v) is 4.63. The molecule has 0 saturated carbocycles. The fraction of sp³-hybridized carbons (Fsp3) is 0.381. The first-order valence-corrected chi connectivity index (χ1v) is 8.98. The molecule has 0 aromatic heterocycles. The number of ether oxygens (including phenoxy) is 1. The lowest BCUT2D eigenvalue weighted by atomic mass is 9.99. The highest BCUT2D eigenvalue weighted by atomic mass is 16.5. The Hall–Kier alpha value is -2.33. The molecule has 25 heavy (non-hydrogen) atoms. The van der Waals surface area contributed by atoms with Crippen LogP contribution < -0.4 is 10.1 Å². The van der Waals surface area contributed by atoms with Crippen molar-refractivity contribution in [3.8, 4) is 5.75 Å². The molecule has 0 unspecified atom stereocenters. The highest BCUT2D eigenvalue weighted by Crippen LogP contribution is 2.18. The molecular weight excluding hydrogens is 312 g/mol. The van der Waals surface area contributed by atoms with E-state index in [9.17, 15) is 4.79 Å². The molecule has 1 heterocycles. The molecule has 0 aliphatic carbocycles. The molecule has 1 aliphatic heterocycles. The van der Waals surface area contributed by atoms with Gasteiger partial charge in [-0.3, -0.25) is 9.69 Å². The van der Waals surface area contributed by atoms with Crippen LogP contribution in [0.3, 0.4) is 0 Å². The standard InChI is InChI=1S/C21H26N2O2/c1-17-11-13-23(14-12-17)15-21(24)22-19-7-9-20(10-8-19)25-16-18-5-3-2-4-6-18/h2-10,17H,11-16H2,1H3,(H,22,24). The molecule has 3 rings (SSSR count). The number of rotatable bonds is 6. The first-order chi connectivity index (χ1) is 12.2. The van der Waals surface area contributed by atoms with E-state index in [1.165, 1.54) is 12.8 Å². The van der Waals surface area contributed by atoms with E-state index in [-0.39, 0.29) is 5.91 Å². The third kappa shape index (κ3) is 5.61. The maximum Gasteiger partial charge on any atom is 0.238 e. The maximum atomic E-state index is 12.2. The molecule has 132 valence electrons. The average molecular weight is 338 g/mol. The molecule has 0 bridgehead atoms. The largest absolute Gasteiger partial charge is 0.489 e. The van der Waals surface area contributed by atoms with E-state index < -0.39 is 0 Å². The Morgan fingerprint density at radius 2 is 1.76 bits per heavy atom. The summed E-state index contributed by atoms with van der Waals surface area (Å²) < 4.78 is 5.76. The number of nitrogens with one attached hydrogen (secondary N) is 1. The van der Waals surface area contributed by atoms with Crippen LogP contribution in [0.1, 0.15) is 25.3 Å². The van der Waals surface area contributed by atoms with Gasteiger partial charge in [-0.05, 0) is 61.7 Å². The summed E-state index contributed by atoms with van der Waals surface area (Å²) in [5.41, 5.74) is 1.94. The number of nitrogens with zero attached hydrogens (tertiary/aromatic N) is 1. The van der Waals surface area contributed by atoms with Crippen LogP contribution in [0.15, 0.2) is 54.6 Å². The number of carbonyl (C=O) groups is 1. The minimum Gasteiger partial charge on any atom is -0.489 e. The highest BCUT2D eigenvalue weighted by molar-refractivity contribution is 5.92. The molecule has 0 spiro atoms. The van der Waals surface area contributed by atoms with E-state index >= 15 is 0 Å². The Morgan fingerprint density at radius 3 is 2.44 bits per heavy atom. The monoisotopic (exact) mass is 338 g/mol. The van der Waals surface area contributed by atoms with Crippen LogP contribution in [0.25, 0.3) is 0 Å². The van der Waals surface area contributed by atoms with Crippen molar-refractivity contribution in [1.82, 2.24) is 4.90 Å². The molecule has 4 heteroatoms. The second kappa shape index (κ2) is 8.67. The zero-order valence-electron chi connectivity index (χ0n) is 14.8. The number of likely N-dealkylation sites (tertiary alicyclic amines) is 1. The van der Waals surface area contributed by atoms with Gasteiger partial charge in [0.1, 0.15) is 12.4 Å². The lowest BCUT2D eigenvalue weighted by molar-refractivity contribution is -0.117. The van der Waals surface area contributed by atoms with Crippen molar-refractivity contribution >= 4 is 11.6 Å². The third-order valence-electron chi connectivity index (χ3n) is 4.63. The summed E-state index contributed by atoms with van der Waals surface area (Å²) >= 11 is 0. The van der Waals surface area contributed by atoms with Gasteiger partial charge >= 0.3 is 0 Å². The first-order valence-electron chi connectivity index (χ1n) is 8.98. The average Bonchev–Trinajstić information content (AvgIpc) is 2.64. The van der Waals surface area contributed by atoms with Crippen LogP contribution in [0.2, 0.25) is 0 Å². The molecule has 2 aromatic carbocycles. The van der Waals surface area contributed by atoms with E-state index in [4.69, 9.17) is 4.74 Å². The van der Waals surface area contributed by atoms with Gasteiger partial charge in [0.05, 0.1) is 6.54 Å². The van der Waals surface area contributed by atoms with Crippen LogP contribution in [-0.2, 0) is 11.4 Å². The van der Waals surface area contributed by atoms with Crippen molar-refractivity contribution in [2.45, 2.75) is 26.4 Å². The second-order valence-corrected chi connectivity index (χ2v) is 6.81. The summed E-state index contributed by atoms with van der Waals surface area (Å²) in [5, 5.41) is 2.97. The van der Waals surface area contributed by atoms with Gasteiger partial charge in [0.25, 0.3) is 0 Å². The van der Waals surface area contributed by atoms with Crippen LogP contribution in [0, 0.1) is 5.92 Å². The number of benzene rings is 2. The Kier molecular flexibility index (Phi) is 6.07. The molecule has 0 atom stereocenters. The zero-order valence-corrected chi connectivity index (χ0v) is 14.8. The molecule has 4 nitrogen and oxygen atoms in total. The van der Waals surface area contributed by atoms with E-state index in [0.29, 0.717) is 13.2 Å². The van der Waals surface area contributed by atoms with Gasteiger partial charge in [-0.15, -0.1) is 0 Å². The van der Waals surface area contributed by atoms with Crippen molar-refractivity contribution in [1.29, 1.82) is 0 Å². The summed E-state index contributed by atoms with van der Waals surface area (Å²) in [6.45, 7) is 5.32. The van der Waals surface area contributed by atoms with Crippen LogP contribution in [0.4, 0.5) is 5.69 Å². The van der Waals surface area contributed by atoms with Crippen molar-refractivity contribution in [3.05, 3.63) is 60.2 Å². The van der Waals surface area contributed by atoms with Gasteiger partial charge in [0, 0.05) is 5.69 Å². The van der Waals surface area contributed by atoms with Gasteiger partial charge < -0.3 is 10.1 Å². The SMILES string of the molecule is CC1CCN(CC(=O)Nc2ccc(OCc3ccccc3)cc2)CC1. The number of amides is 1. The topological polar surface area (TPSA) is 41.6 Å². The van der Waals surface area contributed by atoms with Gasteiger partial charge in [0.2, 0.25) is 5.91 Å². The molecule has 0 radical (unpaired) electrons. The summed E-state index contributed by atoms with van der Waals surface area (Å²) in [5.74, 6) is 1.63. The van der Waals surface area contributed by atoms with Gasteiger partial charge in [-0.25, -0.2) is 0 Å². The molecule has 1 N–H and O–H groups in total. The van der Waals surface area contributed by atoms with Crippen LogP contribution in [0.5, 0.6) is 5.75 Å². The fourth-order valence-corrected chi connectivity index (χ4v) is 3.00. The molecule has 1 aliphatic rings. The van der Waals surface area contributed by atoms with Gasteiger partial charge in [-0.1, -0.05) is 37.3 Å². The first kappa shape index (κ1) is 17.5. The summed E-state index contributed by atoms with van der Waals surface area (Å²) in [4.78, 5) is 14.4. The molecule has 2 aromatic rings. The molecular formula is C21H26N2O2. The smallest absolute Gasteiger partial charge is 0.238 e. The number of hydrogen-bond donors (Lipinski definition) is 1. The van der Waals surface area contributed by atoms with Crippen molar-refractivity contribution in [3.63, 3.8) is 0 Å². The molecule has 1 fully saturated rings. The van der Waals surface area contributed by atoms with Crippen molar-refractivity contribution in [2.75, 3.05) is 25.0 Å². The minimum absolute atomic E-state index is 0.0486. The van der Waals surface area contributed by atoms with Gasteiger partial charge in [-0.2, -0.15) is 0 Å². The highest BCUT2D eigenvalue weighted by Gasteiger charge is 2.17. The summed E-state index contributed by atoms with van der Waals surface area (Å²) in [7, 11) is 0. The van der Waals surface area contributed by atoms with E-state index in [1.807, 2.05) is 54.6 Å². The zero-order chi connectivity index (χ0) is 17.5. The van der Waals surface area contributed by atoms with Gasteiger partial charge in [0.15, 0.2) is 0 Å². The second-order valence-electron chi connectivity index (χ2n) is 6.81.